The highest BCUT2D eigenvalue weighted by Gasteiger charge is 2.38. The molecule has 3 heterocycles. The van der Waals surface area contributed by atoms with E-state index in [9.17, 15) is 14.7 Å². The van der Waals surface area contributed by atoms with Crippen LogP contribution in [0.5, 0.6) is 23.0 Å². The van der Waals surface area contributed by atoms with Gasteiger partial charge < -0.3 is 23.8 Å². The molecule has 0 spiro atoms. The fraction of sp³-hybridized carbons (Fsp3) is 0.333. The summed E-state index contributed by atoms with van der Waals surface area (Å²) in [5.74, 6) is 0.564. The molecule has 0 aromatic heterocycles. The average Bonchev–Trinajstić information content (AvgIpc) is 2.94. The van der Waals surface area contributed by atoms with Crippen LogP contribution in [0.3, 0.4) is 0 Å². The van der Waals surface area contributed by atoms with Gasteiger partial charge in [-0.2, -0.15) is 0 Å². The molecule has 2 bridgehead atoms. The first-order valence-corrected chi connectivity index (χ1v) is 13.0. The lowest BCUT2D eigenvalue weighted by Gasteiger charge is -2.50. The molecule has 8 heteroatoms. The zero-order valence-electron chi connectivity index (χ0n) is 21.8. The molecule has 198 valence electrons. The van der Waals surface area contributed by atoms with Gasteiger partial charge in [-0.15, -0.1) is 0 Å². The third-order valence-electron chi connectivity index (χ3n) is 7.79. The summed E-state index contributed by atoms with van der Waals surface area (Å²) in [6.45, 7) is 12.4. The Morgan fingerprint density at radius 1 is 0.763 bits per heavy atom. The number of fused-ring (bicyclic) bond motifs is 3. The Morgan fingerprint density at radius 2 is 1.24 bits per heavy atom. The van der Waals surface area contributed by atoms with Crippen molar-refractivity contribution >= 4 is 11.9 Å². The first-order valence-electron chi connectivity index (χ1n) is 13.0. The molecule has 3 saturated heterocycles. The Labute approximate surface area is 222 Å². The van der Waals surface area contributed by atoms with Gasteiger partial charge in [0.25, 0.3) is 0 Å². The molecule has 3 aromatic rings. The number of piperazine rings is 3. The minimum atomic E-state index is -0.540. The third-order valence-corrected chi connectivity index (χ3v) is 7.79. The molecule has 8 nitrogen and oxygen atoms in total. The SMILES string of the molecule is Cc1c(OC(=O)c2ccc(O)cc2)ccc(OC(=O)c2ccc(OCC[N+]34CCN(CC3)CC4)cc2)c1C. The minimum absolute atomic E-state index is 0.0703. The molecular weight excluding hydrogens is 484 g/mol. The normalized spacial score (nSPS) is 20.1. The first-order chi connectivity index (χ1) is 18.3. The predicted octanol–water partition coefficient (Wildman–Crippen LogP) is 3.97. The Bertz CT molecular complexity index is 1300. The quantitative estimate of drug-likeness (QED) is 0.275. The molecule has 3 aromatic carbocycles. The number of benzene rings is 3. The Hall–Kier alpha value is -3.88. The molecule has 0 unspecified atom stereocenters. The molecule has 38 heavy (non-hydrogen) atoms. The van der Waals surface area contributed by atoms with Gasteiger partial charge in [-0.05, 0) is 85.6 Å². The number of phenolic OH excluding ortho intramolecular Hbond substituents is 1. The van der Waals surface area contributed by atoms with Crippen LogP contribution in [0.15, 0.2) is 60.7 Å². The smallest absolute Gasteiger partial charge is 0.343 e. The molecule has 6 rings (SSSR count). The van der Waals surface area contributed by atoms with Gasteiger partial charge in [-0.25, -0.2) is 9.59 Å². The van der Waals surface area contributed by atoms with Crippen LogP contribution in [0.2, 0.25) is 0 Å². The number of esters is 2. The van der Waals surface area contributed by atoms with Gasteiger partial charge in [0.15, 0.2) is 0 Å². The number of rotatable bonds is 8. The second-order valence-electron chi connectivity index (χ2n) is 10.1. The van der Waals surface area contributed by atoms with Crippen molar-refractivity contribution in [1.82, 2.24) is 4.90 Å². The molecule has 0 amide bonds. The summed E-state index contributed by atoms with van der Waals surface area (Å²) in [7, 11) is 0. The number of hydrogen-bond acceptors (Lipinski definition) is 7. The molecule has 3 fully saturated rings. The molecular formula is C30H33N2O6+. The molecule has 0 atom stereocenters. The van der Waals surface area contributed by atoms with Crippen molar-refractivity contribution < 1.29 is 33.4 Å². The van der Waals surface area contributed by atoms with Gasteiger partial charge in [-0.1, -0.05) is 0 Å². The first kappa shape index (κ1) is 25.8. The minimum Gasteiger partial charge on any atom is -0.508 e. The van der Waals surface area contributed by atoms with E-state index in [1.807, 2.05) is 0 Å². The van der Waals surface area contributed by atoms with Crippen molar-refractivity contribution in [2.45, 2.75) is 13.8 Å². The molecule has 0 aliphatic carbocycles. The standard InChI is InChI=1S/C30H32N2O6/c1-21-22(2)28(12-11-27(21)37-29(34)23-3-7-25(33)8-4-23)38-30(35)24-5-9-26(10-6-24)36-20-19-32-16-13-31(14-17-32)15-18-32/h3-12H,13-20H2,1-2H3/p+1. The monoisotopic (exact) mass is 517 g/mol. The number of quaternary nitrogens is 1. The fourth-order valence-electron chi connectivity index (χ4n) is 5.02. The lowest BCUT2D eigenvalue weighted by molar-refractivity contribution is -0.940. The van der Waals surface area contributed by atoms with E-state index in [1.165, 1.54) is 63.5 Å². The van der Waals surface area contributed by atoms with Crippen LogP contribution in [0, 0.1) is 13.8 Å². The van der Waals surface area contributed by atoms with Crippen molar-refractivity contribution in [2.24, 2.45) is 0 Å². The summed E-state index contributed by atoms with van der Waals surface area (Å²) < 4.78 is 18.3. The van der Waals surface area contributed by atoms with Gasteiger partial charge in [0, 0.05) is 19.6 Å². The van der Waals surface area contributed by atoms with Crippen molar-refractivity contribution in [1.29, 1.82) is 0 Å². The zero-order chi connectivity index (χ0) is 26.7. The lowest BCUT2D eigenvalue weighted by atomic mass is 10.1. The van der Waals surface area contributed by atoms with Crippen molar-refractivity contribution in [3.63, 3.8) is 0 Å². The molecule has 1 N–H and O–H groups in total. The predicted molar refractivity (Wildman–Crippen MR) is 142 cm³/mol. The number of aromatic hydroxyl groups is 1. The van der Waals surface area contributed by atoms with Crippen LogP contribution in [0.1, 0.15) is 31.8 Å². The van der Waals surface area contributed by atoms with Gasteiger partial charge in [0.1, 0.15) is 36.1 Å². The number of nitrogens with zero attached hydrogens (tertiary/aromatic N) is 2. The van der Waals surface area contributed by atoms with Crippen molar-refractivity contribution in [3.8, 4) is 23.0 Å². The van der Waals surface area contributed by atoms with Crippen LogP contribution in [-0.2, 0) is 0 Å². The zero-order valence-corrected chi connectivity index (χ0v) is 21.8. The van der Waals surface area contributed by atoms with Crippen LogP contribution in [0.4, 0.5) is 0 Å². The summed E-state index contributed by atoms with van der Waals surface area (Å²) >= 11 is 0. The van der Waals surface area contributed by atoms with E-state index in [0.29, 0.717) is 40.4 Å². The molecule has 3 aliphatic heterocycles. The number of ether oxygens (including phenoxy) is 3. The lowest BCUT2D eigenvalue weighted by Crippen LogP contribution is -2.68. The van der Waals surface area contributed by atoms with Gasteiger partial charge in [0.2, 0.25) is 0 Å². The van der Waals surface area contributed by atoms with E-state index in [4.69, 9.17) is 14.2 Å². The number of phenols is 1. The van der Waals surface area contributed by atoms with E-state index in [-0.39, 0.29) is 5.75 Å². The van der Waals surface area contributed by atoms with E-state index in [1.54, 1.807) is 50.2 Å². The number of carbonyl (C=O) groups excluding carboxylic acids is 2. The van der Waals surface area contributed by atoms with Crippen LogP contribution >= 0.6 is 0 Å². The second-order valence-corrected chi connectivity index (χ2v) is 10.1. The van der Waals surface area contributed by atoms with E-state index >= 15 is 0 Å². The van der Waals surface area contributed by atoms with Gasteiger partial charge in [0.05, 0.1) is 30.8 Å². The van der Waals surface area contributed by atoms with E-state index in [0.717, 1.165) is 16.8 Å². The molecule has 0 radical (unpaired) electrons. The maximum absolute atomic E-state index is 12.8. The van der Waals surface area contributed by atoms with Crippen molar-refractivity contribution in [2.75, 3.05) is 52.4 Å². The van der Waals surface area contributed by atoms with E-state index < -0.39 is 11.9 Å². The highest BCUT2D eigenvalue weighted by atomic mass is 16.5. The Balaban J connectivity index is 1.16. The maximum Gasteiger partial charge on any atom is 0.343 e. The summed E-state index contributed by atoms with van der Waals surface area (Å²) in [5.41, 5.74) is 2.13. The fourth-order valence-corrected chi connectivity index (χ4v) is 5.02. The Kier molecular flexibility index (Phi) is 7.35. The van der Waals surface area contributed by atoms with Crippen LogP contribution < -0.4 is 14.2 Å². The van der Waals surface area contributed by atoms with Gasteiger partial charge >= 0.3 is 11.9 Å². The van der Waals surface area contributed by atoms with Crippen LogP contribution in [0.25, 0.3) is 0 Å². The van der Waals surface area contributed by atoms with Gasteiger partial charge in [-0.3, -0.25) is 4.90 Å². The van der Waals surface area contributed by atoms with Crippen LogP contribution in [-0.4, -0.2) is 78.8 Å². The van der Waals surface area contributed by atoms with Crippen molar-refractivity contribution in [3.05, 3.63) is 82.9 Å². The van der Waals surface area contributed by atoms with E-state index in [2.05, 4.69) is 4.90 Å². The summed E-state index contributed by atoms with van der Waals surface area (Å²) in [5, 5.41) is 9.40. The summed E-state index contributed by atoms with van der Waals surface area (Å²) in [6, 6.07) is 16.1. The topological polar surface area (TPSA) is 85.3 Å². The Morgan fingerprint density at radius 3 is 1.74 bits per heavy atom. The molecule has 0 saturated carbocycles. The number of hydrogen-bond donors (Lipinski definition) is 1. The highest BCUT2D eigenvalue weighted by molar-refractivity contribution is 5.92. The largest absolute Gasteiger partial charge is 0.508 e. The average molecular weight is 518 g/mol. The number of carbonyl (C=O) groups is 2. The maximum atomic E-state index is 12.8. The second kappa shape index (κ2) is 10.8. The third kappa shape index (κ3) is 5.66. The highest BCUT2D eigenvalue weighted by Crippen LogP contribution is 2.30. The summed E-state index contributed by atoms with van der Waals surface area (Å²) in [4.78, 5) is 27.8. The molecule has 3 aliphatic rings. The summed E-state index contributed by atoms with van der Waals surface area (Å²) in [6.07, 6.45) is 0.